The van der Waals surface area contributed by atoms with E-state index in [9.17, 15) is 0 Å². The van der Waals surface area contributed by atoms with Crippen LogP contribution >= 0.6 is 0 Å². The van der Waals surface area contributed by atoms with E-state index in [2.05, 4.69) is 36.5 Å². The van der Waals surface area contributed by atoms with Crippen LogP contribution in [0.25, 0.3) is 0 Å². The van der Waals surface area contributed by atoms with E-state index in [0.29, 0.717) is 0 Å². The Morgan fingerprint density at radius 1 is 0.296 bits per heavy atom. The third-order valence-corrected chi connectivity index (χ3v) is 3.94. The first kappa shape index (κ1) is 41.6. The van der Waals surface area contributed by atoms with Gasteiger partial charge < -0.3 is 69.9 Å². The minimum atomic E-state index is 0. The van der Waals surface area contributed by atoms with E-state index in [-0.39, 0.29) is 58.4 Å². The molecule has 3 heteroatoms. The first-order valence-electron chi connectivity index (χ1n) is 8.25. The summed E-state index contributed by atoms with van der Waals surface area (Å²) in [5, 5.41) is 0. The predicted octanol–water partition coefficient (Wildman–Crippen LogP) is 7.57. The van der Waals surface area contributed by atoms with Crippen LogP contribution in [0.1, 0.15) is 83.1 Å². The second-order valence-electron chi connectivity index (χ2n) is 5.25. The molecule has 0 saturated heterocycles. The Kier molecular flexibility index (Phi) is 44.0. The maximum Gasteiger partial charge on any atom is 2.00 e. The summed E-state index contributed by atoms with van der Waals surface area (Å²) in [5.74, 6) is 0. The molecule has 0 spiro atoms. The van der Waals surface area contributed by atoms with Gasteiger partial charge in [0.05, 0.1) is 0 Å². The summed E-state index contributed by atoms with van der Waals surface area (Å²) in [6.45, 7) is 23.7. The number of hydrogen-bond acceptors (Lipinski definition) is 0. The van der Waals surface area contributed by atoms with Crippen LogP contribution in [0.15, 0.2) is 33.4 Å². The van der Waals surface area contributed by atoms with Crippen molar-refractivity contribution in [1.29, 1.82) is 0 Å². The molecule has 0 heterocycles. The van der Waals surface area contributed by atoms with Gasteiger partial charge in [0, 0.05) is 0 Å². The second-order valence-corrected chi connectivity index (χ2v) is 5.25. The molecule has 0 aliphatic heterocycles. The SMILES string of the molecule is C[C-]=C(C)C(C)=[C-]C.C[C-]=C(C)C(C)=[C-]C.C[C-]=C(C)C(C)=[C-]C.[Zn+2].[Zn+2].[Zn+2]. The molecule has 0 nitrogen and oxygen atoms in total. The smallest absolute Gasteiger partial charge is 0.376 e. The monoisotopic (exact) mass is 516 g/mol. The van der Waals surface area contributed by atoms with E-state index in [1.165, 1.54) is 33.4 Å². The van der Waals surface area contributed by atoms with Gasteiger partial charge in [-0.25, -0.2) is 0 Å². The van der Waals surface area contributed by atoms with Gasteiger partial charge in [0.1, 0.15) is 0 Å². The standard InChI is InChI=1S/3C8H12.3Zn/c3*1-5-7(3)8(4)6-2;;;/h3*1-4H3;;;/q3*-2;3*+2. The summed E-state index contributed by atoms with van der Waals surface area (Å²) < 4.78 is 0. The van der Waals surface area contributed by atoms with Crippen molar-refractivity contribution in [2.75, 3.05) is 0 Å². The van der Waals surface area contributed by atoms with E-state index in [1.807, 2.05) is 83.1 Å². The van der Waals surface area contributed by atoms with Crippen LogP contribution in [0.2, 0.25) is 0 Å². The quantitative estimate of drug-likeness (QED) is 0.205. The van der Waals surface area contributed by atoms with Gasteiger partial charge in [-0.05, 0) is 0 Å². The number of hydrogen-bond donors (Lipinski definition) is 0. The molecule has 0 aromatic carbocycles. The largest absolute Gasteiger partial charge is 2.00 e. The minimum absolute atomic E-state index is 0. The second kappa shape index (κ2) is 28.5. The van der Waals surface area contributed by atoms with Crippen molar-refractivity contribution >= 4 is 0 Å². The molecule has 0 fully saturated rings. The van der Waals surface area contributed by atoms with Gasteiger partial charge in [0.15, 0.2) is 0 Å². The summed E-state index contributed by atoms with van der Waals surface area (Å²) in [7, 11) is 0. The third-order valence-electron chi connectivity index (χ3n) is 3.94. The molecule has 0 aromatic rings. The van der Waals surface area contributed by atoms with Crippen LogP contribution < -0.4 is 0 Å². The molecule has 138 valence electrons. The number of rotatable bonds is 3. The summed E-state index contributed by atoms with van der Waals surface area (Å²) in [5.41, 5.74) is 7.13. The maximum absolute atomic E-state index is 3.03. The fraction of sp³-hybridized carbons (Fsp3) is 0.500. The molecule has 0 rings (SSSR count). The van der Waals surface area contributed by atoms with E-state index in [1.54, 1.807) is 0 Å². The Hall–Kier alpha value is 0.310. The van der Waals surface area contributed by atoms with E-state index >= 15 is 0 Å². The van der Waals surface area contributed by atoms with Gasteiger partial charge in [0.2, 0.25) is 0 Å². The van der Waals surface area contributed by atoms with Crippen LogP contribution in [-0.2, 0) is 58.4 Å². The van der Waals surface area contributed by atoms with Crippen molar-refractivity contribution in [3.63, 3.8) is 0 Å². The maximum atomic E-state index is 3.03. The molecular weight excluding hydrogens is 484 g/mol. The fourth-order valence-electron chi connectivity index (χ4n) is 1.12. The van der Waals surface area contributed by atoms with Gasteiger partial charge in [-0.1, -0.05) is 0 Å². The zero-order valence-electron chi connectivity index (χ0n) is 20.1. The molecule has 0 unspecified atom stereocenters. The van der Waals surface area contributed by atoms with E-state index in [4.69, 9.17) is 0 Å². The van der Waals surface area contributed by atoms with Gasteiger partial charge >= 0.3 is 58.4 Å². The molecule has 0 saturated carbocycles. The molecule has 0 N–H and O–H groups in total. The van der Waals surface area contributed by atoms with E-state index < -0.39 is 0 Å². The molecular formula is C24H36Zn3. The normalized spacial score (nSPS) is 12.9. The summed E-state index contributed by atoms with van der Waals surface area (Å²) in [4.78, 5) is 0. The fourth-order valence-corrected chi connectivity index (χ4v) is 1.12. The zero-order chi connectivity index (χ0) is 19.7. The van der Waals surface area contributed by atoms with Crippen LogP contribution in [0.3, 0.4) is 0 Å². The Bertz CT molecular complexity index is 390. The van der Waals surface area contributed by atoms with Crippen molar-refractivity contribution in [3.8, 4) is 0 Å². The summed E-state index contributed by atoms with van der Waals surface area (Å²) in [6.07, 6.45) is 18.2. The Morgan fingerprint density at radius 2 is 0.370 bits per heavy atom. The van der Waals surface area contributed by atoms with Crippen molar-refractivity contribution in [2.45, 2.75) is 83.1 Å². The molecule has 0 aliphatic rings. The zero-order valence-corrected chi connectivity index (χ0v) is 29.0. The van der Waals surface area contributed by atoms with Gasteiger partial charge in [-0.15, -0.1) is 83.1 Å². The van der Waals surface area contributed by atoms with Crippen molar-refractivity contribution in [2.24, 2.45) is 0 Å². The first-order chi connectivity index (χ1) is 11.2. The third kappa shape index (κ3) is 26.3. The van der Waals surface area contributed by atoms with Crippen molar-refractivity contribution < 1.29 is 58.4 Å². The Morgan fingerprint density at radius 3 is 0.407 bits per heavy atom. The van der Waals surface area contributed by atoms with Gasteiger partial charge in [0.25, 0.3) is 0 Å². The summed E-state index contributed by atoms with van der Waals surface area (Å²) in [6, 6.07) is 0. The average Bonchev–Trinajstić information content (AvgIpc) is 2.64. The molecule has 27 heavy (non-hydrogen) atoms. The molecule has 0 bridgehead atoms. The summed E-state index contributed by atoms with van der Waals surface area (Å²) >= 11 is 0. The molecule has 0 atom stereocenters. The molecule has 0 amide bonds. The van der Waals surface area contributed by atoms with Gasteiger partial charge in [-0.3, -0.25) is 0 Å². The predicted molar refractivity (Wildman–Crippen MR) is 109 cm³/mol. The molecule has 0 radical (unpaired) electrons. The Balaban J connectivity index is -0.0000000580. The van der Waals surface area contributed by atoms with Crippen molar-refractivity contribution in [3.05, 3.63) is 69.9 Å². The molecule has 0 aliphatic carbocycles. The van der Waals surface area contributed by atoms with Crippen LogP contribution in [0, 0.1) is 36.5 Å². The van der Waals surface area contributed by atoms with Crippen molar-refractivity contribution in [1.82, 2.24) is 0 Å². The van der Waals surface area contributed by atoms with Crippen LogP contribution in [0.5, 0.6) is 0 Å². The van der Waals surface area contributed by atoms with Crippen LogP contribution in [-0.4, -0.2) is 0 Å². The van der Waals surface area contributed by atoms with Crippen LogP contribution in [0.4, 0.5) is 0 Å². The average molecular weight is 521 g/mol. The topological polar surface area (TPSA) is 0 Å². The number of allylic oxidation sites excluding steroid dienone is 12. The van der Waals surface area contributed by atoms with E-state index in [0.717, 1.165) is 0 Å². The van der Waals surface area contributed by atoms with Gasteiger partial charge in [-0.2, -0.15) is 0 Å². The minimum Gasteiger partial charge on any atom is -0.376 e. The first-order valence-corrected chi connectivity index (χ1v) is 8.25. The Labute approximate surface area is 210 Å². The molecule has 0 aromatic heterocycles.